The molecule has 1 aromatic heterocycles. The Labute approximate surface area is 151 Å². The zero-order valence-corrected chi connectivity index (χ0v) is 15.3. The number of nitrogens with zero attached hydrogens (tertiary/aromatic N) is 1. The minimum absolute atomic E-state index is 0.0130. The molecular formula is C16H23N3O6S. The highest BCUT2D eigenvalue weighted by Gasteiger charge is 2.39. The van der Waals surface area contributed by atoms with Crippen LogP contribution < -0.4 is 4.72 Å². The van der Waals surface area contributed by atoms with Gasteiger partial charge >= 0.3 is 11.9 Å². The second-order valence-electron chi connectivity index (χ2n) is 6.95. The van der Waals surface area contributed by atoms with Crippen LogP contribution in [0.25, 0.3) is 0 Å². The zero-order chi connectivity index (χ0) is 18.9. The summed E-state index contributed by atoms with van der Waals surface area (Å²) in [5.74, 6) is -0.932. The lowest BCUT2D eigenvalue weighted by molar-refractivity contribution is -0.139. The largest absolute Gasteiger partial charge is 0.480 e. The first-order chi connectivity index (χ1) is 12.3. The van der Waals surface area contributed by atoms with Crippen LogP contribution in [-0.2, 0) is 19.6 Å². The second-order valence-corrected chi connectivity index (χ2v) is 8.66. The molecule has 0 aromatic carbocycles. The number of esters is 1. The fourth-order valence-corrected chi connectivity index (χ4v) is 4.43. The van der Waals surface area contributed by atoms with Crippen molar-refractivity contribution in [1.82, 2.24) is 14.6 Å². The number of hydrogen-bond acceptors (Lipinski definition) is 6. The SMILES string of the molecule is COC(=O)c1cc(S(=O)(=O)NC2CC(N(CC(=O)O)CC3CC3)C2)c[nH]1. The van der Waals surface area contributed by atoms with E-state index < -0.39 is 22.0 Å². The van der Waals surface area contributed by atoms with E-state index in [0.29, 0.717) is 18.8 Å². The van der Waals surface area contributed by atoms with E-state index in [9.17, 15) is 18.0 Å². The predicted molar refractivity (Wildman–Crippen MR) is 91.2 cm³/mol. The van der Waals surface area contributed by atoms with Crippen molar-refractivity contribution in [2.75, 3.05) is 20.2 Å². The van der Waals surface area contributed by atoms with Crippen molar-refractivity contribution in [2.45, 2.75) is 42.7 Å². The van der Waals surface area contributed by atoms with E-state index in [2.05, 4.69) is 14.4 Å². The molecule has 10 heteroatoms. The highest BCUT2D eigenvalue weighted by atomic mass is 32.2. The van der Waals surface area contributed by atoms with Gasteiger partial charge in [-0.05, 0) is 37.7 Å². The van der Waals surface area contributed by atoms with E-state index in [1.165, 1.54) is 19.4 Å². The number of rotatable bonds is 9. The van der Waals surface area contributed by atoms with Crippen LogP contribution in [0.15, 0.2) is 17.2 Å². The summed E-state index contributed by atoms with van der Waals surface area (Å²) in [6.45, 7) is 0.748. The molecule has 0 aliphatic heterocycles. The number of carbonyl (C=O) groups excluding carboxylic acids is 1. The third-order valence-corrected chi connectivity index (χ3v) is 6.35. The molecule has 0 spiro atoms. The first-order valence-corrected chi connectivity index (χ1v) is 10.0. The summed E-state index contributed by atoms with van der Waals surface area (Å²) in [5, 5.41) is 9.06. The number of sulfonamides is 1. The van der Waals surface area contributed by atoms with Gasteiger partial charge in [0.15, 0.2) is 0 Å². The van der Waals surface area contributed by atoms with Crippen molar-refractivity contribution >= 4 is 22.0 Å². The third-order valence-electron chi connectivity index (χ3n) is 4.85. The molecule has 0 unspecified atom stereocenters. The molecule has 0 bridgehead atoms. The van der Waals surface area contributed by atoms with Crippen molar-refractivity contribution in [3.05, 3.63) is 18.0 Å². The van der Waals surface area contributed by atoms with E-state index in [0.717, 1.165) is 19.4 Å². The Bertz CT molecular complexity index is 780. The quantitative estimate of drug-likeness (QED) is 0.525. The Hall–Kier alpha value is -1.91. The maximum atomic E-state index is 12.4. The van der Waals surface area contributed by atoms with Gasteiger partial charge in [0, 0.05) is 24.8 Å². The molecule has 3 rings (SSSR count). The summed E-state index contributed by atoms with van der Waals surface area (Å²) in [6, 6.07) is 1.07. The molecule has 9 nitrogen and oxygen atoms in total. The Morgan fingerprint density at radius 1 is 1.38 bits per heavy atom. The summed E-state index contributed by atoms with van der Waals surface area (Å²) in [5.41, 5.74) is 0.0661. The maximum absolute atomic E-state index is 12.4. The van der Waals surface area contributed by atoms with Gasteiger partial charge < -0.3 is 14.8 Å². The molecule has 0 amide bonds. The molecule has 0 radical (unpaired) electrons. The molecule has 26 heavy (non-hydrogen) atoms. The number of aromatic nitrogens is 1. The first kappa shape index (κ1) is 18.9. The van der Waals surface area contributed by atoms with Gasteiger partial charge in [0.2, 0.25) is 10.0 Å². The smallest absolute Gasteiger partial charge is 0.354 e. The van der Waals surface area contributed by atoms with E-state index in [4.69, 9.17) is 5.11 Å². The molecule has 1 heterocycles. The first-order valence-electron chi connectivity index (χ1n) is 8.53. The number of methoxy groups -OCH3 is 1. The number of nitrogens with one attached hydrogen (secondary N) is 2. The number of carbonyl (C=O) groups is 2. The van der Waals surface area contributed by atoms with E-state index in [-0.39, 0.29) is 29.2 Å². The summed E-state index contributed by atoms with van der Waals surface area (Å²) < 4.78 is 32.0. The summed E-state index contributed by atoms with van der Waals surface area (Å²) in [6.07, 6.45) is 4.67. The minimum atomic E-state index is -3.75. The van der Waals surface area contributed by atoms with Gasteiger partial charge in [-0.25, -0.2) is 17.9 Å². The van der Waals surface area contributed by atoms with Crippen LogP contribution in [0.4, 0.5) is 0 Å². The normalized spacial score (nSPS) is 22.8. The number of aliphatic carboxylic acids is 1. The van der Waals surface area contributed by atoms with Crippen LogP contribution >= 0.6 is 0 Å². The number of carboxylic acid groups (broad SMARTS) is 1. The molecule has 144 valence electrons. The topological polar surface area (TPSA) is 129 Å². The van der Waals surface area contributed by atoms with Gasteiger partial charge in [0.25, 0.3) is 0 Å². The van der Waals surface area contributed by atoms with Crippen molar-refractivity contribution in [2.24, 2.45) is 5.92 Å². The lowest BCUT2D eigenvalue weighted by atomic mass is 9.86. The van der Waals surface area contributed by atoms with Crippen LogP contribution in [0.2, 0.25) is 0 Å². The minimum Gasteiger partial charge on any atom is -0.480 e. The highest BCUT2D eigenvalue weighted by molar-refractivity contribution is 7.89. The molecule has 2 saturated carbocycles. The highest BCUT2D eigenvalue weighted by Crippen LogP contribution is 2.34. The standard InChI is InChI=1S/C16H23N3O6S/c1-25-16(22)14-6-13(7-17-14)26(23,24)18-11-4-12(5-11)19(9-15(20)21)8-10-2-3-10/h6-7,10-12,17-18H,2-5,8-9H2,1H3,(H,20,21). The van der Waals surface area contributed by atoms with E-state index in [1.807, 2.05) is 4.90 Å². The summed E-state index contributed by atoms with van der Waals surface area (Å²) in [7, 11) is -2.53. The van der Waals surface area contributed by atoms with Crippen molar-refractivity contribution in [3.8, 4) is 0 Å². The predicted octanol–water partition coefficient (Wildman–Crippen LogP) is 0.407. The summed E-state index contributed by atoms with van der Waals surface area (Å²) >= 11 is 0. The van der Waals surface area contributed by atoms with Gasteiger partial charge in [-0.1, -0.05) is 0 Å². The maximum Gasteiger partial charge on any atom is 0.354 e. The van der Waals surface area contributed by atoms with Crippen molar-refractivity contribution in [3.63, 3.8) is 0 Å². The average Bonchev–Trinajstić information content (AvgIpc) is 3.20. The second kappa shape index (κ2) is 7.37. The van der Waals surface area contributed by atoms with Crippen LogP contribution in [0.1, 0.15) is 36.2 Å². The van der Waals surface area contributed by atoms with E-state index >= 15 is 0 Å². The van der Waals surface area contributed by atoms with Gasteiger partial charge in [-0.15, -0.1) is 0 Å². The molecule has 2 aliphatic rings. The zero-order valence-electron chi connectivity index (χ0n) is 14.5. The molecule has 2 fully saturated rings. The molecule has 0 saturated heterocycles. The van der Waals surface area contributed by atoms with Crippen LogP contribution in [-0.4, -0.2) is 67.6 Å². The van der Waals surface area contributed by atoms with E-state index in [1.54, 1.807) is 0 Å². The number of aromatic amines is 1. The molecule has 1 aromatic rings. The van der Waals surface area contributed by atoms with Crippen LogP contribution in [0, 0.1) is 5.92 Å². The fraction of sp³-hybridized carbons (Fsp3) is 0.625. The monoisotopic (exact) mass is 385 g/mol. The lowest BCUT2D eigenvalue weighted by Gasteiger charge is -2.42. The average molecular weight is 385 g/mol. The Kier molecular flexibility index (Phi) is 5.35. The van der Waals surface area contributed by atoms with Gasteiger partial charge in [0.1, 0.15) is 10.6 Å². The molecule has 2 aliphatic carbocycles. The summed E-state index contributed by atoms with van der Waals surface area (Å²) in [4.78, 5) is 27.0. The number of carboxylic acids is 1. The lowest BCUT2D eigenvalue weighted by Crippen LogP contribution is -2.55. The van der Waals surface area contributed by atoms with Crippen molar-refractivity contribution < 1.29 is 27.9 Å². The molecule has 3 N–H and O–H groups in total. The number of hydrogen-bond donors (Lipinski definition) is 3. The van der Waals surface area contributed by atoms with Crippen molar-refractivity contribution in [1.29, 1.82) is 0 Å². The molecular weight excluding hydrogens is 362 g/mol. The fourth-order valence-electron chi connectivity index (χ4n) is 3.18. The van der Waals surface area contributed by atoms with Gasteiger partial charge in [-0.3, -0.25) is 9.69 Å². The van der Waals surface area contributed by atoms with Gasteiger partial charge in [0.05, 0.1) is 13.7 Å². The molecule has 0 atom stereocenters. The Balaban J connectivity index is 1.55. The number of H-pyrrole nitrogens is 1. The number of ether oxygens (including phenoxy) is 1. The Morgan fingerprint density at radius 2 is 2.08 bits per heavy atom. The Morgan fingerprint density at radius 3 is 2.65 bits per heavy atom. The van der Waals surface area contributed by atoms with Crippen LogP contribution in [0.3, 0.4) is 0 Å². The van der Waals surface area contributed by atoms with Gasteiger partial charge in [-0.2, -0.15) is 0 Å². The van der Waals surface area contributed by atoms with Crippen LogP contribution in [0.5, 0.6) is 0 Å². The third kappa shape index (κ3) is 4.43.